The van der Waals surface area contributed by atoms with E-state index in [4.69, 9.17) is 4.74 Å². The third kappa shape index (κ3) is 2.55. The van der Waals surface area contributed by atoms with E-state index in [2.05, 4.69) is 4.98 Å². The molecule has 0 saturated heterocycles. The van der Waals surface area contributed by atoms with Gasteiger partial charge >= 0.3 is 0 Å². The summed E-state index contributed by atoms with van der Waals surface area (Å²) >= 11 is 1.50. The van der Waals surface area contributed by atoms with Crippen LogP contribution in [0.15, 0.2) is 23.6 Å². The molecule has 0 spiro atoms. The molecule has 5 heteroatoms. The molecule has 0 amide bonds. The Bertz CT molecular complexity index is 498. The number of hydrogen-bond donors (Lipinski definition) is 0. The molecule has 16 heavy (non-hydrogen) atoms. The molecule has 0 N–H and O–H groups in total. The first-order chi connectivity index (χ1) is 7.65. The van der Waals surface area contributed by atoms with Crippen LogP contribution in [0.1, 0.15) is 10.7 Å². The minimum atomic E-state index is -0.702. The lowest BCUT2D eigenvalue weighted by molar-refractivity contribution is 0.285. The Kier molecular flexibility index (Phi) is 3.14. The minimum absolute atomic E-state index is 0.0343. The maximum absolute atomic E-state index is 13.2. The predicted molar refractivity (Wildman–Crippen MR) is 57.5 cm³/mol. The van der Waals surface area contributed by atoms with Crippen molar-refractivity contribution in [3.63, 3.8) is 0 Å². The molecule has 84 valence electrons. The Morgan fingerprint density at radius 2 is 2.19 bits per heavy atom. The fraction of sp³-hybridized carbons (Fsp3) is 0.182. The van der Waals surface area contributed by atoms with E-state index in [1.807, 2.05) is 12.3 Å². The molecule has 1 aromatic carbocycles. The van der Waals surface area contributed by atoms with Crippen LogP contribution < -0.4 is 4.74 Å². The summed E-state index contributed by atoms with van der Waals surface area (Å²) in [5.41, 5.74) is 0.742. The van der Waals surface area contributed by atoms with Crippen LogP contribution in [0.4, 0.5) is 8.78 Å². The van der Waals surface area contributed by atoms with Crippen molar-refractivity contribution in [3.8, 4) is 5.75 Å². The zero-order valence-electron chi connectivity index (χ0n) is 8.54. The van der Waals surface area contributed by atoms with Crippen LogP contribution in [0.2, 0.25) is 0 Å². The first-order valence-corrected chi connectivity index (χ1v) is 5.52. The number of thiazole rings is 1. The van der Waals surface area contributed by atoms with Crippen LogP contribution in [-0.4, -0.2) is 4.98 Å². The molecule has 2 nitrogen and oxygen atoms in total. The molecule has 1 aromatic heterocycles. The molecule has 0 aliphatic rings. The summed E-state index contributed by atoms with van der Waals surface area (Å²) in [6.45, 7) is 2.07. The summed E-state index contributed by atoms with van der Waals surface area (Å²) in [6.07, 6.45) is 0. The average molecular weight is 241 g/mol. The van der Waals surface area contributed by atoms with Crippen molar-refractivity contribution in [2.75, 3.05) is 0 Å². The highest BCUT2D eigenvalue weighted by Crippen LogP contribution is 2.19. The minimum Gasteiger partial charge on any atom is -0.484 e. The average Bonchev–Trinajstić information content (AvgIpc) is 2.63. The monoisotopic (exact) mass is 241 g/mol. The lowest BCUT2D eigenvalue weighted by Gasteiger charge is -2.04. The Labute approximate surface area is 95.5 Å². The van der Waals surface area contributed by atoms with Gasteiger partial charge in [0.25, 0.3) is 0 Å². The molecular weight excluding hydrogens is 232 g/mol. The normalized spacial score (nSPS) is 10.4. The zero-order chi connectivity index (χ0) is 11.5. The number of rotatable bonds is 3. The van der Waals surface area contributed by atoms with E-state index in [1.165, 1.54) is 17.4 Å². The summed E-state index contributed by atoms with van der Waals surface area (Å²) in [5.74, 6) is -1.28. The molecule has 1 heterocycles. The number of aryl methyl sites for hydroxylation is 1. The van der Waals surface area contributed by atoms with Crippen LogP contribution in [0.5, 0.6) is 5.75 Å². The Hall–Kier alpha value is -1.49. The third-order valence-corrected chi connectivity index (χ3v) is 2.76. The van der Waals surface area contributed by atoms with Crippen molar-refractivity contribution in [2.24, 2.45) is 0 Å². The van der Waals surface area contributed by atoms with Gasteiger partial charge in [-0.3, -0.25) is 0 Å². The molecule has 0 saturated carbocycles. The van der Waals surface area contributed by atoms with E-state index < -0.39 is 11.6 Å². The second kappa shape index (κ2) is 4.57. The van der Waals surface area contributed by atoms with Gasteiger partial charge in [-0.05, 0) is 19.1 Å². The van der Waals surface area contributed by atoms with Gasteiger partial charge in [-0.2, -0.15) is 0 Å². The van der Waals surface area contributed by atoms with Gasteiger partial charge < -0.3 is 4.74 Å². The topological polar surface area (TPSA) is 22.1 Å². The van der Waals surface area contributed by atoms with E-state index >= 15 is 0 Å². The molecule has 2 rings (SSSR count). The van der Waals surface area contributed by atoms with E-state index in [-0.39, 0.29) is 12.4 Å². The van der Waals surface area contributed by atoms with Crippen molar-refractivity contribution in [1.82, 2.24) is 4.98 Å². The van der Waals surface area contributed by atoms with Crippen LogP contribution in [0.25, 0.3) is 0 Å². The molecule has 0 bridgehead atoms. The molecule has 0 aliphatic carbocycles. The molecule has 0 atom stereocenters. The second-order valence-corrected chi connectivity index (χ2v) is 4.28. The molecule has 0 aliphatic heterocycles. The van der Waals surface area contributed by atoms with E-state index in [0.717, 1.165) is 22.8 Å². The van der Waals surface area contributed by atoms with Crippen LogP contribution in [0, 0.1) is 18.6 Å². The maximum atomic E-state index is 13.2. The van der Waals surface area contributed by atoms with Gasteiger partial charge in [0, 0.05) is 11.4 Å². The van der Waals surface area contributed by atoms with Crippen LogP contribution >= 0.6 is 11.3 Å². The zero-order valence-corrected chi connectivity index (χ0v) is 9.35. The molecule has 0 radical (unpaired) electrons. The van der Waals surface area contributed by atoms with Gasteiger partial charge in [-0.25, -0.2) is 13.8 Å². The first kappa shape index (κ1) is 11.0. The summed E-state index contributed by atoms with van der Waals surface area (Å²) in [4.78, 5) is 4.17. The van der Waals surface area contributed by atoms with Crippen LogP contribution in [0.3, 0.4) is 0 Å². The smallest absolute Gasteiger partial charge is 0.167 e. The van der Waals surface area contributed by atoms with E-state index in [0.29, 0.717) is 0 Å². The van der Waals surface area contributed by atoms with Gasteiger partial charge in [0.1, 0.15) is 12.4 Å². The Morgan fingerprint density at radius 1 is 1.38 bits per heavy atom. The first-order valence-electron chi connectivity index (χ1n) is 4.64. The van der Waals surface area contributed by atoms with Gasteiger partial charge in [-0.15, -0.1) is 11.3 Å². The molecule has 2 aromatic rings. The highest BCUT2D eigenvalue weighted by Gasteiger charge is 2.06. The quantitative estimate of drug-likeness (QED) is 0.822. The highest BCUT2D eigenvalue weighted by atomic mass is 32.1. The fourth-order valence-corrected chi connectivity index (χ4v) is 1.82. The SMILES string of the molecule is Cc1nc(COc2ccc(F)cc2F)cs1. The number of halogens is 2. The number of benzene rings is 1. The highest BCUT2D eigenvalue weighted by molar-refractivity contribution is 7.09. The summed E-state index contributed by atoms with van der Waals surface area (Å²) in [5, 5.41) is 2.77. The van der Waals surface area contributed by atoms with Crippen molar-refractivity contribution >= 4 is 11.3 Å². The number of hydrogen-bond acceptors (Lipinski definition) is 3. The summed E-state index contributed by atoms with van der Waals surface area (Å²) in [6, 6.07) is 3.22. The standard InChI is InChI=1S/C11H9F2NOS/c1-7-14-9(6-16-7)5-15-11-3-2-8(12)4-10(11)13/h2-4,6H,5H2,1H3. The van der Waals surface area contributed by atoms with Crippen molar-refractivity contribution < 1.29 is 13.5 Å². The maximum Gasteiger partial charge on any atom is 0.167 e. The number of aromatic nitrogens is 1. The fourth-order valence-electron chi connectivity index (χ4n) is 1.22. The van der Waals surface area contributed by atoms with Crippen LogP contribution in [-0.2, 0) is 6.61 Å². The van der Waals surface area contributed by atoms with Gasteiger partial charge in [0.2, 0.25) is 0 Å². The van der Waals surface area contributed by atoms with Crippen molar-refractivity contribution in [1.29, 1.82) is 0 Å². The lowest BCUT2D eigenvalue weighted by Crippen LogP contribution is -1.98. The van der Waals surface area contributed by atoms with E-state index in [9.17, 15) is 8.78 Å². The largest absolute Gasteiger partial charge is 0.484 e. The summed E-state index contributed by atoms with van der Waals surface area (Å²) < 4.78 is 31.0. The third-order valence-electron chi connectivity index (χ3n) is 1.94. The van der Waals surface area contributed by atoms with E-state index in [1.54, 1.807) is 0 Å². The lowest BCUT2D eigenvalue weighted by atomic mass is 10.3. The van der Waals surface area contributed by atoms with Crippen molar-refractivity contribution in [2.45, 2.75) is 13.5 Å². The predicted octanol–water partition coefficient (Wildman–Crippen LogP) is 3.31. The van der Waals surface area contributed by atoms with Gasteiger partial charge in [0.05, 0.1) is 10.7 Å². The Balaban J connectivity index is 2.04. The molecule has 0 fully saturated rings. The van der Waals surface area contributed by atoms with Crippen molar-refractivity contribution in [3.05, 3.63) is 45.9 Å². The van der Waals surface area contributed by atoms with Gasteiger partial charge in [-0.1, -0.05) is 0 Å². The summed E-state index contributed by atoms with van der Waals surface area (Å²) in [7, 11) is 0. The van der Waals surface area contributed by atoms with Gasteiger partial charge in [0.15, 0.2) is 11.6 Å². The number of ether oxygens (including phenoxy) is 1. The number of nitrogens with zero attached hydrogens (tertiary/aromatic N) is 1. The Morgan fingerprint density at radius 3 is 2.81 bits per heavy atom. The second-order valence-electron chi connectivity index (χ2n) is 3.22. The molecular formula is C11H9F2NOS. The molecule has 0 unspecified atom stereocenters.